The van der Waals surface area contributed by atoms with Gasteiger partial charge in [-0.2, -0.15) is 0 Å². The fourth-order valence-electron chi connectivity index (χ4n) is 2.54. The SMILES string of the molecule is CC[C@H](NC(=O)[C@H](C)Sc1ccccc1)c1ccc(OC)c(OC)c1. The van der Waals surface area contributed by atoms with Gasteiger partial charge < -0.3 is 14.8 Å². The number of hydrogen-bond donors (Lipinski definition) is 1. The Kier molecular flexibility index (Phi) is 7.19. The Bertz CT molecular complexity index is 691. The van der Waals surface area contributed by atoms with E-state index in [0.717, 1.165) is 16.9 Å². The molecule has 1 amide bonds. The van der Waals surface area contributed by atoms with E-state index in [1.165, 1.54) is 0 Å². The predicted octanol–water partition coefficient (Wildman–Crippen LogP) is 4.45. The van der Waals surface area contributed by atoms with Crippen LogP contribution in [-0.4, -0.2) is 25.4 Å². The van der Waals surface area contributed by atoms with Crippen LogP contribution >= 0.6 is 11.8 Å². The molecule has 4 nitrogen and oxygen atoms in total. The monoisotopic (exact) mass is 359 g/mol. The lowest BCUT2D eigenvalue weighted by Crippen LogP contribution is -2.34. The van der Waals surface area contributed by atoms with Crippen LogP contribution in [0, 0.1) is 0 Å². The summed E-state index contributed by atoms with van der Waals surface area (Å²) in [5.41, 5.74) is 1.01. The van der Waals surface area contributed by atoms with E-state index in [1.807, 2.05) is 55.5 Å². The second-order valence-electron chi connectivity index (χ2n) is 5.66. The standard InChI is InChI=1S/C20H25NO3S/c1-5-17(15-11-12-18(23-3)19(13-15)24-4)21-20(22)14(2)25-16-9-7-6-8-10-16/h6-14,17H,5H2,1-4H3,(H,21,22)/t14-,17-/m0/s1. The van der Waals surface area contributed by atoms with Gasteiger partial charge in [-0.05, 0) is 43.2 Å². The molecular formula is C20H25NO3S. The van der Waals surface area contributed by atoms with E-state index in [-0.39, 0.29) is 17.2 Å². The minimum atomic E-state index is -0.170. The molecule has 0 aromatic heterocycles. The Labute approximate surface area is 153 Å². The molecular weight excluding hydrogens is 334 g/mol. The maximum absolute atomic E-state index is 12.6. The van der Waals surface area contributed by atoms with Gasteiger partial charge in [-0.25, -0.2) is 0 Å². The molecule has 2 atom stereocenters. The second kappa shape index (κ2) is 9.37. The molecule has 0 fully saturated rings. The number of amides is 1. The molecule has 0 radical (unpaired) electrons. The number of nitrogens with one attached hydrogen (secondary N) is 1. The van der Waals surface area contributed by atoms with Gasteiger partial charge in [0.15, 0.2) is 11.5 Å². The first kappa shape index (κ1) is 19.2. The third kappa shape index (κ3) is 5.16. The van der Waals surface area contributed by atoms with Crippen molar-refractivity contribution >= 4 is 17.7 Å². The van der Waals surface area contributed by atoms with Gasteiger partial charge in [-0.15, -0.1) is 11.8 Å². The number of carbonyl (C=O) groups excluding carboxylic acids is 1. The van der Waals surface area contributed by atoms with Gasteiger partial charge in [0.1, 0.15) is 0 Å². The highest BCUT2D eigenvalue weighted by atomic mass is 32.2. The molecule has 2 aromatic rings. The van der Waals surface area contributed by atoms with Crippen LogP contribution in [0.4, 0.5) is 0 Å². The van der Waals surface area contributed by atoms with Crippen molar-refractivity contribution in [2.24, 2.45) is 0 Å². The molecule has 25 heavy (non-hydrogen) atoms. The normalized spacial score (nSPS) is 13.0. The molecule has 134 valence electrons. The zero-order chi connectivity index (χ0) is 18.2. The molecule has 5 heteroatoms. The lowest BCUT2D eigenvalue weighted by atomic mass is 10.0. The number of rotatable bonds is 8. The van der Waals surface area contributed by atoms with E-state index in [1.54, 1.807) is 26.0 Å². The topological polar surface area (TPSA) is 47.6 Å². The summed E-state index contributed by atoms with van der Waals surface area (Å²) in [5.74, 6) is 1.37. The van der Waals surface area contributed by atoms with Gasteiger partial charge in [-0.3, -0.25) is 4.79 Å². The minimum Gasteiger partial charge on any atom is -0.493 e. The summed E-state index contributed by atoms with van der Waals surface area (Å²) in [6, 6.07) is 15.6. The molecule has 0 spiro atoms. The number of ether oxygens (including phenoxy) is 2. The van der Waals surface area contributed by atoms with Crippen molar-refractivity contribution in [3.63, 3.8) is 0 Å². The third-order valence-electron chi connectivity index (χ3n) is 3.96. The third-order valence-corrected chi connectivity index (χ3v) is 5.07. The highest BCUT2D eigenvalue weighted by molar-refractivity contribution is 8.00. The van der Waals surface area contributed by atoms with Crippen molar-refractivity contribution in [2.75, 3.05) is 14.2 Å². The highest BCUT2D eigenvalue weighted by Gasteiger charge is 2.20. The largest absolute Gasteiger partial charge is 0.493 e. The van der Waals surface area contributed by atoms with E-state index in [9.17, 15) is 4.79 Å². The molecule has 2 rings (SSSR count). The zero-order valence-corrected chi connectivity index (χ0v) is 15.9. The zero-order valence-electron chi connectivity index (χ0n) is 15.1. The first-order valence-corrected chi connectivity index (χ1v) is 9.21. The van der Waals surface area contributed by atoms with Crippen LogP contribution in [0.1, 0.15) is 31.9 Å². The van der Waals surface area contributed by atoms with Crippen molar-refractivity contribution < 1.29 is 14.3 Å². The molecule has 0 aliphatic rings. The molecule has 0 saturated carbocycles. The number of methoxy groups -OCH3 is 2. The van der Waals surface area contributed by atoms with E-state index >= 15 is 0 Å². The average molecular weight is 359 g/mol. The number of carbonyl (C=O) groups is 1. The summed E-state index contributed by atoms with van der Waals surface area (Å²) in [7, 11) is 3.22. The second-order valence-corrected chi connectivity index (χ2v) is 7.07. The summed E-state index contributed by atoms with van der Waals surface area (Å²) < 4.78 is 10.6. The van der Waals surface area contributed by atoms with Crippen LogP contribution < -0.4 is 14.8 Å². The van der Waals surface area contributed by atoms with Crippen molar-refractivity contribution in [1.82, 2.24) is 5.32 Å². The van der Waals surface area contributed by atoms with Gasteiger partial charge >= 0.3 is 0 Å². The van der Waals surface area contributed by atoms with Crippen molar-refractivity contribution in [3.05, 3.63) is 54.1 Å². The molecule has 2 aromatic carbocycles. The number of hydrogen-bond acceptors (Lipinski definition) is 4. The van der Waals surface area contributed by atoms with E-state index in [4.69, 9.17) is 9.47 Å². The van der Waals surface area contributed by atoms with Crippen LogP contribution in [0.15, 0.2) is 53.4 Å². The molecule has 0 aliphatic carbocycles. The maximum Gasteiger partial charge on any atom is 0.233 e. The Morgan fingerprint density at radius 2 is 1.76 bits per heavy atom. The first-order valence-electron chi connectivity index (χ1n) is 8.33. The van der Waals surface area contributed by atoms with Crippen LogP contribution in [0.5, 0.6) is 11.5 Å². The fraction of sp³-hybridized carbons (Fsp3) is 0.350. The van der Waals surface area contributed by atoms with Crippen molar-refractivity contribution in [2.45, 2.75) is 36.5 Å². The minimum absolute atomic E-state index is 0.0236. The van der Waals surface area contributed by atoms with Gasteiger partial charge in [0.05, 0.1) is 25.5 Å². The molecule has 0 aliphatic heterocycles. The van der Waals surface area contributed by atoms with Gasteiger partial charge in [0, 0.05) is 4.90 Å². The Morgan fingerprint density at radius 1 is 1.08 bits per heavy atom. The predicted molar refractivity (Wildman–Crippen MR) is 102 cm³/mol. The molecule has 1 N–H and O–H groups in total. The molecule has 0 unspecified atom stereocenters. The first-order chi connectivity index (χ1) is 12.1. The highest BCUT2D eigenvalue weighted by Crippen LogP contribution is 2.31. The van der Waals surface area contributed by atoms with Crippen LogP contribution in [0.3, 0.4) is 0 Å². The summed E-state index contributed by atoms with van der Waals surface area (Å²) >= 11 is 1.56. The van der Waals surface area contributed by atoms with E-state index < -0.39 is 0 Å². The molecule has 0 heterocycles. The Hall–Kier alpha value is -2.14. The van der Waals surface area contributed by atoms with Crippen LogP contribution in [-0.2, 0) is 4.79 Å². The quantitative estimate of drug-likeness (QED) is 0.707. The van der Waals surface area contributed by atoms with E-state index in [0.29, 0.717) is 11.5 Å². The fourth-order valence-corrected chi connectivity index (χ4v) is 3.43. The smallest absolute Gasteiger partial charge is 0.233 e. The summed E-state index contributed by atoms with van der Waals surface area (Å²) in [5, 5.41) is 2.97. The maximum atomic E-state index is 12.6. The van der Waals surface area contributed by atoms with Gasteiger partial charge in [-0.1, -0.05) is 31.2 Å². The Balaban J connectivity index is 2.06. The summed E-state index contributed by atoms with van der Waals surface area (Å²) in [4.78, 5) is 13.7. The summed E-state index contributed by atoms with van der Waals surface area (Å²) in [6.45, 7) is 3.98. The van der Waals surface area contributed by atoms with Crippen LogP contribution in [0.2, 0.25) is 0 Å². The Morgan fingerprint density at radius 3 is 2.36 bits per heavy atom. The van der Waals surface area contributed by atoms with E-state index in [2.05, 4.69) is 12.2 Å². The van der Waals surface area contributed by atoms with Gasteiger partial charge in [0.25, 0.3) is 0 Å². The lowest BCUT2D eigenvalue weighted by Gasteiger charge is -2.21. The number of benzene rings is 2. The van der Waals surface area contributed by atoms with Crippen molar-refractivity contribution in [1.29, 1.82) is 0 Å². The lowest BCUT2D eigenvalue weighted by molar-refractivity contribution is -0.121. The summed E-state index contributed by atoms with van der Waals surface area (Å²) in [6.07, 6.45) is 0.796. The van der Waals surface area contributed by atoms with Crippen LogP contribution in [0.25, 0.3) is 0 Å². The van der Waals surface area contributed by atoms with Crippen molar-refractivity contribution in [3.8, 4) is 11.5 Å². The molecule has 0 bridgehead atoms. The average Bonchev–Trinajstić information content (AvgIpc) is 2.66. The van der Waals surface area contributed by atoms with Gasteiger partial charge in [0.2, 0.25) is 5.91 Å². The molecule has 0 saturated heterocycles. The number of thioether (sulfide) groups is 1.